The Morgan fingerprint density at radius 2 is 1.34 bits per heavy atom. The molecule has 1 fully saturated rings. The number of hydrogen-bond acceptors (Lipinski definition) is 7. The lowest BCUT2D eigenvalue weighted by atomic mass is 9.82. The predicted octanol–water partition coefficient (Wildman–Crippen LogP) is 8.36. The molecule has 3 aliphatic rings. The normalized spacial score (nSPS) is 18.2. The lowest BCUT2D eigenvalue weighted by molar-refractivity contribution is -0.732. The van der Waals surface area contributed by atoms with Crippen molar-refractivity contribution in [3.05, 3.63) is 107 Å². The number of imidazole rings is 2. The van der Waals surface area contributed by atoms with E-state index in [0.29, 0.717) is 19.4 Å². The zero-order chi connectivity index (χ0) is 43.2. The second-order valence-electron chi connectivity index (χ2n) is 18.4. The lowest BCUT2D eigenvalue weighted by Gasteiger charge is -2.27. The maximum absolute atomic E-state index is 13.6. The third-order valence-corrected chi connectivity index (χ3v) is 13.4. The second-order valence-corrected chi connectivity index (χ2v) is 18.4. The van der Waals surface area contributed by atoms with E-state index in [1.807, 2.05) is 95.2 Å². The first-order valence-electron chi connectivity index (χ1n) is 21.8. The SMILES string of the molecule is Cc1n(CC2CCc3c(c4ccccc4n3C)C2=O)cc[n+]1COC(=O)C1(CC(=O)OC(C)(C)C)CCCC1.Cc1nccn1CC1CCc2c(c3ccccc3n2C)C1=O.Cl. The quantitative estimate of drug-likeness (QED) is 0.106. The van der Waals surface area contributed by atoms with Gasteiger partial charge in [-0.05, 0) is 78.4 Å². The Morgan fingerprint density at radius 3 is 1.85 bits per heavy atom. The molecule has 2 unspecified atom stereocenters. The molecule has 0 radical (unpaired) electrons. The molecule has 0 aliphatic heterocycles. The first kappa shape index (κ1) is 44.6. The number of benzene rings is 2. The van der Waals surface area contributed by atoms with E-state index in [1.165, 1.54) is 5.69 Å². The number of esters is 2. The van der Waals surface area contributed by atoms with Gasteiger partial charge in [0.25, 0.3) is 5.82 Å². The zero-order valence-corrected chi connectivity index (χ0v) is 37.9. The summed E-state index contributed by atoms with van der Waals surface area (Å²) in [5, 5.41) is 2.13. The van der Waals surface area contributed by atoms with Crippen molar-refractivity contribution in [2.75, 3.05) is 0 Å². The summed E-state index contributed by atoms with van der Waals surface area (Å²) >= 11 is 0. The molecule has 4 aromatic heterocycles. The molecule has 0 spiro atoms. The van der Waals surface area contributed by atoms with Crippen LogP contribution in [0.5, 0.6) is 0 Å². The number of aromatic nitrogens is 6. The highest BCUT2D eigenvalue weighted by atomic mass is 35.5. The first-order valence-corrected chi connectivity index (χ1v) is 21.8. The van der Waals surface area contributed by atoms with Crippen molar-refractivity contribution in [1.82, 2.24) is 23.3 Å². The van der Waals surface area contributed by atoms with E-state index in [4.69, 9.17) is 9.47 Å². The van der Waals surface area contributed by atoms with Crippen molar-refractivity contribution in [2.24, 2.45) is 31.3 Å². The van der Waals surface area contributed by atoms with E-state index in [9.17, 15) is 19.2 Å². The average molecular weight is 865 g/mol. The Labute approximate surface area is 369 Å². The predicted molar refractivity (Wildman–Crippen MR) is 239 cm³/mol. The molecule has 328 valence electrons. The first-order chi connectivity index (χ1) is 29.2. The van der Waals surface area contributed by atoms with Gasteiger partial charge < -0.3 is 23.2 Å². The molecule has 2 aromatic carbocycles. The van der Waals surface area contributed by atoms with Crippen LogP contribution in [-0.2, 0) is 65.8 Å². The molecule has 3 aliphatic carbocycles. The van der Waals surface area contributed by atoms with Crippen molar-refractivity contribution in [3.63, 3.8) is 0 Å². The van der Waals surface area contributed by atoms with Gasteiger partial charge in [0.15, 0.2) is 11.6 Å². The van der Waals surface area contributed by atoms with Gasteiger partial charge in [0.1, 0.15) is 30.4 Å². The third-order valence-electron chi connectivity index (χ3n) is 13.4. The molecule has 4 heterocycles. The van der Waals surface area contributed by atoms with E-state index >= 15 is 0 Å². The van der Waals surface area contributed by atoms with Crippen molar-refractivity contribution < 1.29 is 33.2 Å². The molecule has 1 saturated carbocycles. The minimum absolute atomic E-state index is 0. The highest BCUT2D eigenvalue weighted by Gasteiger charge is 2.46. The van der Waals surface area contributed by atoms with Gasteiger partial charge in [0.2, 0.25) is 6.73 Å². The topological polar surface area (TPSA) is 123 Å². The molecule has 12 nitrogen and oxygen atoms in total. The van der Waals surface area contributed by atoms with Crippen molar-refractivity contribution in [1.29, 1.82) is 0 Å². The number of carbonyl (C=O) groups is 4. The van der Waals surface area contributed by atoms with E-state index < -0.39 is 11.0 Å². The van der Waals surface area contributed by atoms with E-state index in [0.717, 1.165) is 95.3 Å². The highest BCUT2D eigenvalue weighted by molar-refractivity contribution is 6.12. The van der Waals surface area contributed by atoms with Gasteiger partial charge in [-0.25, -0.2) is 9.55 Å². The number of rotatable bonds is 9. The molecule has 0 bridgehead atoms. The summed E-state index contributed by atoms with van der Waals surface area (Å²) in [7, 11) is 4.10. The number of ketones is 2. The molecular weight excluding hydrogens is 804 g/mol. The smallest absolute Gasteiger partial charge is 0.315 e. The largest absolute Gasteiger partial charge is 0.460 e. The lowest BCUT2D eigenvalue weighted by Crippen LogP contribution is -2.42. The van der Waals surface area contributed by atoms with Gasteiger partial charge >= 0.3 is 11.9 Å². The van der Waals surface area contributed by atoms with E-state index in [1.54, 1.807) is 6.20 Å². The number of fused-ring (bicyclic) bond motifs is 6. The van der Waals surface area contributed by atoms with Crippen LogP contribution in [0.25, 0.3) is 21.8 Å². The van der Waals surface area contributed by atoms with Crippen LogP contribution in [0.2, 0.25) is 0 Å². The summed E-state index contributed by atoms with van der Waals surface area (Å²) in [4.78, 5) is 56.7. The Balaban J connectivity index is 0.000000212. The fourth-order valence-corrected chi connectivity index (χ4v) is 10.1. The number of ether oxygens (including phenoxy) is 2. The van der Waals surface area contributed by atoms with Crippen LogP contribution in [0.15, 0.2) is 73.3 Å². The van der Waals surface area contributed by atoms with Crippen LogP contribution in [0.1, 0.15) is 109 Å². The Hall–Kier alpha value is -5.49. The highest BCUT2D eigenvalue weighted by Crippen LogP contribution is 2.43. The molecular formula is C49H60ClN6O6+. The summed E-state index contributed by atoms with van der Waals surface area (Å²) < 4.78 is 21.7. The van der Waals surface area contributed by atoms with Crippen molar-refractivity contribution in [2.45, 2.75) is 118 Å². The van der Waals surface area contributed by atoms with Crippen LogP contribution in [0, 0.1) is 31.1 Å². The molecule has 62 heavy (non-hydrogen) atoms. The third kappa shape index (κ3) is 8.50. The zero-order valence-electron chi connectivity index (χ0n) is 37.1. The van der Waals surface area contributed by atoms with E-state index in [2.05, 4.69) is 48.5 Å². The Bertz CT molecular complexity index is 2650. The molecule has 2 atom stereocenters. The van der Waals surface area contributed by atoms with Crippen LogP contribution in [0.3, 0.4) is 0 Å². The Morgan fingerprint density at radius 1 is 0.806 bits per heavy atom. The number of nitrogens with zero attached hydrogens (tertiary/aromatic N) is 6. The number of para-hydroxylation sites is 2. The molecule has 0 N–H and O–H groups in total. The number of aryl methyl sites for hydroxylation is 3. The van der Waals surface area contributed by atoms with Crippen molar-refractivity contribution >= 4 is 57.7 Å². The fraction of sp³-hybridized carbons (Fsp3) is 0.469. The fourth-order valence-electron chi connectivity index (χ4n) is 10.1. The molecule has 0 saturated heterocycles. The summed E-state index contributed by atoms with van der Waals surface area (Å²) in [6, 6.07) is 16.3. The standard InChI is InChI=1S/C31H40N3O5.C18H19N3O.ClH/c1-21-33(19-22-12-13-25-27(28(22)36)23-10-6-7-11-24(23)32(25)5)16-17-34(21)20-38-29(37)31(14-8-9-15-31)18-26(35)39-30(2,3)4;1-12-19-9-10-21(12)11-13-7-8-16-17(18(13)22)14-5-3-4-6-15(14)20(16)2;/h6-7,10-11,16-17,22H,8-9,12-15,18-20H2,1-5H3;3-6,9-10,13H,7-8,11H2,1-2H3;1H/q+1;;. The minimum Gasteiger partial charge on any atom is -0.460 e. The van der Waals surface area contributed by atoms with Gasteiger partial charge in [-0.15, -0.1) is 12.4 Å². The van der Waals surface area contributed by atoms with Gasteiger partial charge in [0.05, 0.1) is 17.8 Å². The molecule has 6 aromatic rings. The average Bonchev–Trinajstić information content (AvgIpc) is 4.06. The van der Waals surface area contributed by atoms with E-state index in [-0.39, 0.29) is 60.9 Å². The number of Topliss-reactive ketones (excluding diaryl/α,β-unsaturated/α-hetero) is 2. The number of carbonyl (C=O) groups excluding carboxylic acids is 4. The molecule has 13 heteroatoms. The van der Waals surface area contributed by atoms with Crippen LogP contribution in [-0.4, -0.2) is 52.4 Å². The van der Waals surface area contributed by atoms with Gasteiger partial charge in [-0.1, -0.05) is 49.2 Å². The maximum Gasteiger partial charge on any atom is 0.315 e. The van der Waals surface area contributed by atoms with Crippen molar-refractivity contribution in [3.8, 4) is 0 Å². The van der Waals surface area contributed by atoms with Gasteiger partial charge in [0, 0.05) is 90.2 Å². The summed E-state index contributed by atoms with van der Waals surface area (Å²) in [6.45, 7) is 10.8. The van der Waals surface area contributed by atoms with Crippen LogP contribution in [0.4, 0.5) is 0 Å². The monoisotopic (exact) mass is 863 g/mol. The molecule has 9 rings (SSSR count). The number of hydrogen-bond donors (Lipinski definition) is 0. The maximum atomic E-state index is 13.6. The Kier molecular flexibility index (Phi) is 12.7. The second kappa shape index (κ2) is 17.7. The van der Waals surface area contributed by atoms with Crippen LogP contribution >= 0.6 is 12.4 Å². The molecule has 0 amide bonds. The minimum atomic E-state index is -0.815. The van der Waals surface area contributed by atoms with Crippen LogP contribution < -0.4 is 4.57 Å². The van der Waals surface area contributed by atoms with Gasteiger partial charge in [-0.2, -0.15) is 4.57 Å². The summed E-state index contributed by atoms with van der Waals surface area (Å²) in [6.07, 6.45) is 14.2. The number of halogens is 1. The summed E-state index contributed by atoms with van der Waals surface area (Å²) in [5.74, 6) is 1.60. The summed E-state index contributed by atoms with van der Waals surface area (Å²) in [5.41, 5.74) is 4.95. The van der Waals surface area contributed by atoms with Gasteiger partial charge in [-0.3, -0.25) is 19.2 Å².